The monoisotopic (exact) mass is 393 g/mol. The third-order valence-corrected chi connectivity index (χ3v) is 5.78. The molecule has 1 aliphatic rings. The van der Waals surface area contributed by atoms with Gasteiger partial charge in [0.25, 0.3) is 5.56 Å². The van der Waals surface area contributed by atoms with Gasteiger partial charge in [0, 0.05) is 49.0 Å². The van der Waals surface area contributed by atoms with Crippen LogP contribution in [0.3, 0.4) is 0 Å². The highest BCUT2D eigenvalue weighted by molar-refractivity contribution is 6.19. The Morgan fingerprint density at radius 3 is 2.64 bits per heavy atom. The molecule has 6 nitrogen and oxygen atoms in total. The highest BCUT2D eigenvalue weighted by Gasteiger charge is 2.17. The zero-order chi connectivity index (χ0) is 19.3. The van der Waals surface area contributed by atoms with Gasteiger partial charge in [0.2, 0.25) is 0 Å². The normalized spacial score (nSPS) is 15.6. The summed E-state index contributed by atoms with van der Waals surface area (Å²) in [6.45, 7) is 4.12. The molecule has 0 radical (unpaired) electrons. The van der Waals surface area contributed by atoms with E-state index in [9.17, 15) is 4.79 Å². The van der Waals surface area contributed by atoms with Gasteiger partial charge in [0.05, 0.1) is 22.1 Å². The van der Waals surface area contributed by atoms with E-state index >= 15 is 0 Å². The van der Waals surface area contributed by atoms with Crippen molar-refractivity contribution < 1.29 is 0 Å². The molecule has 3 heterocycles. The Morgan fingerprint density at radius 2 is 1.82 bits per heavy atom. The number of piperazine rings is 1. The number of aromatic amines is 1. The smallest absolute Gasteiger partial charge is 0.276 e. The lowest BCUT2D eigenvalue weighted by Gasteiger charge is -2.34. The molecule has 142 valence electrons. The van der Waals surface area contributed by atoms with E-state index in [-0.39, 0.29) is 5.56 Å². The minimum absolute atomic E-state index is 0.279. The van der Waals surface area contributed by atoms with Crippen LogP contribution in [0.25, 0.3) is 33.3 Å². The summed E-state index contributed by atoms with van der Waals surface area (Å²) in [5, 5.41) is 0.894. The Bertz CT molecular complexity index is 1240. The van der Waals surface area contributed by atoms with E-state index in [4.69, 9.17) is 11.8 Å². The maximum absolute atomic E-state index is 12.8. The highest BCUT2D eigenvalue weighted by Crippen LogP contribution is 2.26. The molecule has 0 bridgehead atoms. The molecule has 0 spiro atoms. The summed E-state index contributed by atoms with van der Waals surface area (Å²) in [7, 11) is 2.15. The van der Waals surface area contributed by atoms with Crippen molar-refractivity contribution in [2.45, 2.75) is 0 Å². The van der Waals surface area contributed by atoms with Crippen molar-refractivity contribution in [1.82, 2.24) is 19.0 Å². The molecule has 0 atom stereocenters. The van der Waals surface area contributed by atoms with E-state index < -0.39 is 0 Å². The largest absolute Gasteiger partial charge is 0.369 e. The Kier molecular flexibility index (Phi) is 4.10. The van der Waals surface area contributed by atoms with Crippen LogP contribution in [0, 0.1) is 0 Å². The molecule has 1 saturated heterocycles. The first-order chi connectivity index (χ1) is 13.6. The van der Waals surface area contributed by atoms with E-state index in [0.717, 1.165) is 46.7 Å². The van der Waals surface area contributed by atoms with Crippen molar-refractivity contribution in [2.24, 2.45) is 0 Å². The molecule has 7 heteroatoms. The predicted molar refractivity (Wildman–Crippen MR) is 114 cm³/mol. The van der Waals surface area contributed by atoms with E-state index in [2.05, 4.69) is 38.9 Å². The average Bonchev–Trinajstić information content (AvgIpc) is 3.14. The summed E-state index contributed by atoms with van der Waals surface area (Å²) in [6.07, 6.45) is 0. The predicted octanol–water partition coefficient (Wildman–Crippen LogP) is 3.30. The molecular formula is C21H20ClN5O. The van der Waals surface area contributed by atoms with E-state index in [0.29, 0.717) is 16.9 Å². The Labute approximate surface area is 167 Å². The number of halogens is 1. The SMILES string of the molecule is CN1CCN(c2ccc3nc(-c4cc5ccccc5n(Cl)c4=O)[nH]c3c2)CC1. The number of hydrogen-bond acceptors (Lipinski definition) is 4. The second-order valence-corrected chi connectivity index (χ2v) is 7.62. The van der Waals surface area contributed by atoms with Gasteiger partial charge in [-0.2, -0.15) is 0 Å². The number of nitrogens with one attached hydrogen (secondary N) is 1. The number of pyridine rings is 1. The third kappa shape index (κ3) is 2.85. The van der Waals surface area contributed by atoms with Crippen LogP contribution in [-0.4, -0.2) is 52.2 Å². The third-order valence-electron chi connectivity index (χ3n) is 5.45. The first-order valence-corrected chi connectivity index (χ1v) is 9.68. The van der Waals surface area contributed by atoms with Gasteiger partial charge in [-0.15, -0.1) is 0 Å². The average molecular weight is 394 g/mol. The van der Waals surface area contributed by atoms with Crippen LogP contribution >= 0.6 is 11.8 Å². The summed E-state index contributed by atoms with van der Waals surface area (Å²) in [4.78, 5) is 25.4. The fraction of sp³-hybridized carbons (Fsp3) is 0.238. The molecule has 2 aromatic carbocycles. The number of fused-ring (bicyclic) bond motifs is 2. The van der Waals surface area contributed by atoms with Gasteiger partial charge in [-0.3, -0.25) is 4.79 Å². The van der Waals surface area contributed by atoms with Crippen molar-refractivity contribution in [1.29, 1.82) is 0 Å². The van der Waals surface area contributed by atoms with Gasteiger partial charge in [-0.05, 0) is 37.4 Å². The first kappa shape index (κ1) is 17.3. The molecule has 28 heavy (non-hydrogen) atoms. The van der Waals surface area contributed by atoms with Crippen LogP contribution in [0.15, 0.2) is 53.3 Å². The molecule has 0 amide bonds. The van der Waals surface area contributed by atoms with Crippen molar-refractivity contribution in [3.63, 3.8) is 0 Å². The highest BCUT2D eigenvalue weighted by atomic mass is 35.5. The van der Waals surface area contributed by atoms with Crippen molar-refractivity contribution in [2.75, 3.05) is 38.1 Å². The number of H-pyrrole nitrogens is 1. The second kappa shape index (κ2) is 6.65. The number of hydrogen-bond donors (Lipinski definition) is 1. The zero-order valence-corrected chi connectivity index (χ0v) is 16.3. The fourth-order valence-electron chi connectivity index (χ4n) is 3.78. The molecule has 1 fully saturated rings. The zero-order valence-electron chi connectivity index (χ0n) is 15.5. The number of imidazole rings is 1. The first-order valence-electron chi connectivity index (χ1n) is 9.35. The van der Waals surface area contributed by atoms with Crippen LogP contribution in [0.1, 0.15) is 0 Å². The van der Waals surface area contributed by atoms with Crippen molar-refractivity contribution >= 4 is 39.4 Å². The minimum atomic E-state index is -0.279. The van der Waals surface area contributed by atoms with Gasteiger partial charge < -0.3 is 14.8 Å². The molecule has 2 aromatic heterocycles. The fourth-order valence-corrected chi connectivity index (χ4v) is 4.02. The Balaban J connectivity index is 1.58. The lowest BCUT2D eigenvalue weighted by atomic mass is 10.1. The van der Waals surface area contributed by atoms with Crippen LogP contribution < -0.4 is 10.5 Å². The topological polar surface area (TPSA) is 57.2 Å². The lowest BCUT2D eigenvalue weighted by molar-refractivity contribution is 0.313. The molecule has 5 rings (SSSR count). The van der Waals surface area contributed by atoms with Crippen molar-refractivity contribution in [3.8, 4) is 11.4 Å². The van der Waals surface area contributed by atoms with Crippen LogP contribution in [0.5, 0.6) is 0 Å². The van der Waals surface area contributed by atoms with E-state index in [1.54, 1.807) is 0 Å². The van der Waals surface area contributed by atoms with Gasteiger partial charge in [-0.1, -0.05) is 18.2 Å². The molecule has 0 unspecified atom stereocenters. The minimum Gasteiger partial charge on any atom is -0.369 e. The Morgan fingerprint density at radius 1 is 1.04 bits per heavy atom. The lowest BCUT2D eigenvalue weighted by Crippen LogP contribution is -2.44. The van der Waals surface area contributed by atoms with Gasteiger partial charge in [0.15, 0.2) is 0 Å². The summed E-state index contributed by atoms with van der Waals surface area (Å²) >= 11 is 6.27. The maximum atomic E-state index is 12.8. The number of para-hydroxylation sites is 1. The van der Waals surface area contributed by atoms with Crippen LogP contribution in [0.2, 0.25) is 0 Å². The van der Waals surface area contributed by atoms with Gasteiger partial charge in [0.1, 0.15) is 5.82 Å². The summed E-state index contributed by atoms with van der Waals surface area (Å²) < 4.78 is 1.16. The molecule has 4 aromatic rings. The number of likely N-dealkylation sites (N-methyl/N-ethyl adjacent to an activating group) is 1. The Hall–Kier alpha value is -2.83. The molecule has 0 aliphatic carbocycles. The van der Waals surface area contributed by atoms with Crippen molar-refractivity contribution in [3.05, 3.63) is 58.9 Å². The van der Waals surface area contributed by atoms with Crippen LogP contribution in [-0.2, 0) is 0 Å². The number of benzene rings is 2. The quantitative estimate of drug-likeness (QED) is 0.567. The van der Waals surface area contributed by atoms with Gasteiger partial charge in [-0.25, -0.2) is 9.07 Å². The number of anilines is 1. The summed E-state index contributed by atoms with van der Waals surface area (Å²) in [5.74, 6) is 0.538. The van der Waals surface area contributed by atoms with Gasteiger partial charge >= 0.3 is 0 Å². The maximum Gasteiger partial charge on any atom is 0.276 e. The molecule has 1 N–H and O–H groups in total. The molecular weight excluding hydrogens is 374 g/mol. The van der Waals surface area contributed by atoms with E-state index in [1.165, 1.54) is 5.69 Å². The summed E-state index contributed by atoms with van der Waals surface area (Å²) in [6, 6.07) is 15.6. The number of aromatic nitrogens is 3. The van der Waals surface area contributed by atoms with E-state index in [1.807, 2.05) is 36.4 Å². The molecule has 0 saturated carbocycles. The number of nitrogens with zero attached hydrogens (tertiary/aromatic N) is 4. The number of rotatable bonds is 2. The molecule has 1 aliphatic heterocycles. The second-order valence-electron chi connectivity index (χ2n) is 7.28. The standard InChI is InChI=1S/C21H20ClN5O/c1-25-8-10-26(11-9-25)15-6-7-17-18(13-15)24-20(23-17)16-12-14-4-2-3-5-19(14)27(22)21(16)28/h2-7,12-13H,8-11H2,1H3,(H,23,24). The summed E-state index contributed by atoms with van der Waals surface area (Å²) in [5.41, 5.74) is 3.79. The van der Waals surface area contributed by atoms with Crippen LogP contribution in [0.4, 0.5) is 5.69 Å².